The van der Waals surface area contributed by atoms with E-state index >= 15 is 0 Å². The van der Waals surface area contributed by atoms with Gasteiger partial charge in [0.15, 0.2) is 0 Å². The molecule has 1 heterocycles. The second-order valence-electron chi connectivity index (χ2n) is 5.71. The largest absolute Gasteiger partial charge is 0.497 e. The van der Waals surface area contributed by atoms with Crippen molar-refractivity contribution in [3.05, 3.63) is 71.5 Å². The molecule has 128 valence electrons. The molecule has 0 aliphatic heterocycles. The molecular weight excluding hydrogens is 314 g/mol. The van der Waals surface area contributed by atoms with Crippen molar-refractivity contribution >= 4 is 5.71 Å². The number of nitrogens with zero attached hydrogens (tertiary/aromatic N) is 2. The molecule has 0 amide bonds. The lowest BCUT2D eigenvalue weighted by Crippen LogP contribution is -2.10. The Morgan fingerprint density at radius 1 is 1.12 bits per heavy atom. The summed E-state index contributed by atoms with van der Waals surface area (Å²) in [7, 11) is 1.66. The van der Waals surface area contributed by atoms with Gasteiger partial charge >= 0.3 is 0 Å². The average molecular weight is 335 g/mol. The Bertz CT molecular complexity index is 852. The summed E-state index contributed by atoms with van der Waals surface area (Å²) in [5.41, 5.74) is 7.83. The Hall–Kier alpha value is -3.08. The lowest BCUT2D eigenvalue weighted by Gasteiger charge is -2.06. The second kappa shape index (κ2) is 7.66. The topological polar surface area (TPSA) is 59.6 Å². The Morgan fingerprint density at radius 2 is 1.84 bits per heavy atom. The van der Waals surface area contributed by atoms with E-state index in [1.807, 2.05) is 68.4 Å². The quantitative estimate of drug-likeness (QED) is 0.542. The van der Waals surface area contributed by atoms with E-state index < -0.39 is 0 Å². The van der Waals surface area contributed by atoms with Crippen LogP contribution in [0.25, 0.3) is 11.3 Å². The van der Waals surface area contributed by atoms with E-state index in [0.717, 1.165) is 39.6 Å². The third-order valence-corrected chi connectivity index (χ3v) is 3.96. The van der Waals surface area contributed by atoms with Crippen LogP contribution in [0.3, 0.4) is 0 Å². The maximum atomic E-state index is 5.39. The Kier molecular flexibility index (Phi) is 5.14. The molecule has 0 radical (unpaired) electrons. The van der Waals surface area contributed by atoms with Gasteiger partial charge in [-0.05, 0) is 31.5 Å². The van der Waals surface area contributed by atoms with Crippen molar-refractivity contribution in [3.63, 3.8) is 0 Å². The molecule has 0 unspecified atom stereocenters. The monoisotopic (exact) mass is 335 g/mol. The molecule has 25 heavy (non-hydrogen) atoms. The Morgan fingerprint density at radius 3 is 2.52 bits per heavy atom. The molecule has 5 nitrogen and oxygen atoms in total. The van der Waals surface area contributed by atoms with Crippen molar-refractivity contribution < 1.29 is 9.26 Å². The van der Waals surface area contributed by atoms with Crippen molar-refractivity contribution in [1.29, 1.82) is 0 Å². The van der Waals surface area contributed by atoms with Gasteiger partial charge in [0.25, 0.3) is 0 Å². The van der Waals surface area contributed by atoms with Crippen molar-refractivity contribution in [1.82, 2.24) is 10.6 Å². The second-order valence-corrected chi connectivity index (χ2v) is 5.71. The van der Waals surface area contributed by atoms with Gasteiger partial charge in [-0.2, -0.15) is 5.10 Å². The predicted molar refractivity (Wildman–Crippen MR) is 98.7 cm³/mol. The highest BCUT2D eigenvalue weighted by Crippen LogP contribution is 2.25. The number of benzene rings is 2. The van der Waals surface area contributed by atoms with Crippen LogP contribution in [-0.4, -0.2) is 18.0 Å². The maximum absolute atomic E-state index is 5.39. The van der Waals surface area contributed by atoms with E-state index in [1.54, 1.807) is 7.11 Å². The third-order valence-electron chi connectivity index (χ3n) is 3.96. The van der Waals surface area contributed by atoms with E-state index in [1.165, 1.54) is 0 Å². The standard InChI is InChI=1S/C20H21N3O2/c1-14(22-21-13-16-9-11-18(24-3)12-10-16)19-15(2)25-23-20(19)17-7-5-4-6-8-17/h4-12,21H,13H2,1-3H3. The van der Waals surface area contributed by atoms with Crippen LogP contribution in [0.1, 0.15) is 23.8 Å². The zero-order valence-electron chi connectivity index (χ0n) is 14.6. The van der Waals surface area contributed by atoms with Crippen LogP contribution < -0.4 is 10.2 Å². The summed E-state index contributed by atoms with van der Waals surface area (Å²) in [6.45, 7) is 4.48. The molecule has 0 spiro atoms. The predicted octanol–water partition coefficient (Wildman–Crippen LogP) is 4.17. The summed E-state index contributed by atoms with van der Waals surface area (Å²) >= 11 is 0. The molecule has 2 aromatic carbocycles. The lowest BCUT2D eigenvalue weighted by atomic mass is 10.0. The minimum absolute atomic E-state index is 0.631. The maximum Gasteiger partial charge on any atom is 0.143 e. The first kappa shape index (κ1) is 16.8. The van der Waals surface area contributed by atoms with Gasteiger partial charge in [0, 0.05) is 5.56 Å². The molecule has 5 heteroatoms. The smallest absolute Gasteiger partial charge is 0.143 e. The van der Waals surface area contributed by atoms with Gasteiger partial charge in [-0.1, -0.05) is 47.6 Å². The molecule has 0 aliphatic rings. The molecule has 1 aromatic heterocycles. The van der Waals surface area contributed by atoms with Crippen LogP contribution in [-0.2, 0) is 6.54 Å². The Balaban J connectivity index is 1.75. The van der Waals surface area contributed by atoms with Crippen molar-refractivity contribution in [3.8, 4) is 17.0 Å². The first-order valence-electron chi connectivity index (χ1n) is 8.11. The first-order chi connectivity index (χ1) is 12.2. The van der Waals surface area contributed by atoms with Gasteiger partial charge in [-0.3, -0.25) is 0 Å². The summed E-state index contributed by atoms with van der Waals surface area (Å²) in [6.07, 6.45) is 0. The molecule has 0 atom stereocenters. The fraction of sp³-hybridized carbons (Fsp3) is 0.200. The number of hydrogen-bond acceptors (Lipinski definition) is 5. The van der Waals surface area contributed by atoms with Gasteiger partial charge in [0.05, 0.1) is 24.9 Å². The van der Waals surface area contributed by atoms with Crippen LogP contribution >= 0.6 is 0 Å². The van der Waals surface area contributed by atoms with Crippen molar-refractivity contribution in [2.45, 2.75) is 20.4 Å². The molecule has 3 rings (SSSR count). The minimum atomic E-state index is 0.631. The number of hydrogen-bond donors (Lipinski definition) is 1. The van der Waals surface area contributed by atoms with Gasteiger partial charge in [-0.25, -0.2) is 0 Å². The van der Waals surface area contributed by atoms with Crippen LogP contribution in [0.4, 0.5) is 0 Å². The number of aryl methyl sites for hydroxylation is 1. The van der Waals surface area contributed by atoms with Crippen LogP contribution in [0.5, 0.6) is 5.75 Å². The third kappa shape index (κ3) is 3.88. The van der Waals surface area contributed by atoms with E-state index in [-0.39, 0.29) is 0 Å². The summed E-state index contributed by atoms with van der Waals surface area (Å²) < 4.78 is 10.6. The van der Waals surface area contributed by atoms with E-state index in [4.69, 9.17) is 9.26 Å². The molecule has 3 aromatic rings. The number of aromatic nitrogens is 1. The SMILES string of the molecule is COc1ccc(CNN=C(C)c2c(-c3ccccc3)noc2C)cc1. The highest BCUT2D eigenvalue weighted by Gasteiger charge is 2.17. The number of ether oxygens (including phenoxy) is 1. The zero-order chi connectivity index (χ0) is 17.6. The average Bonchev–Trinajstić information content (AvgIpc) is 3.04. The molecule has 1 N–H and O–H groups in total. The summed E-state index contributed by atoms with van der Waals surface area (Å²) in [5, 5.41) is 8.68. The minimum Gasteiger partial charge on any atom is -0.497 e. The first-order valence-corrected chi connectivity index (χ1v) is 8.11. The molecule has 0 aliphatic carbocycles. The van der Waals surface area contributed by atoms with E-state index in [2.05, 4.69) is 15.7 Å². The van der Waals surface area contributed by atoms with Gasteiger partial charge in [-0.15, -0.1) is 0 Å². The van der Waals surface area contributed by atoms with Gasteiger partial charge in [0.2, 0.25) is 0 Å². The fourth-order valence-electron chi connectivity index (χ4n) is 2.64. The van der Waals surface area contributed by atoms with E-state index in [0.29, 0.717) is 6.54 Å². The number of nitrogens with one attached hydrogen (secondary N) is 1. The number of methoxy groups -OCH3 is 1. The highest BCUT2D eigenvalue weighted by atomic mass is 16.5. The zero-order valence-corrected chi connectivity index (χ0v) is 14.6. The van der Waals surface area contributed by atoms with Crippen LogP contribution in [0, 0.1) is 6.92 Å². The van der Waals surface area contributed by atoms with E-state index in [9.17, 15) is 0 Å². The van der Waals surface area contributed by atoms with Gasteiger partial charge in [0.1, 0.15) is 17.2 Å². The normalized spacial score (nSPS) is 11.4. The highest BCUT2D eigenvalue weighted by molar-refractivity contribution is 6.04. The molecule has 0 saturated carbocycles. The fourth-order valence-corrected chi connectivity index (χ4v) is 2.64. The molecular formula is C20H21N3O2. The molecule has 0 fully saturated rings. The lowest BCUT2D eigenvalue weighted by molar-refractivity contribution is 0.399. The van der Waals surface area contributed by atoms with Gasteiger partial charge < -0.3 is 14.7 Å². The molecule has 0 bridgehead atoms. The Labute approximate surface area is 147 Å². The van der Waals surface area contributed by atoms with Crippen LogP contribution in [0.2, 0.25) is 0 Å². The summed E-state index contributed by atoms with van der Waals surface area (Å²) in [6, 6.07) is 17.9. The van der Waals surface area contributed by atoms with Crippen LogP contribution in [0.15, 0.2) is 64.2 Å². The molecule has 0 saturated heterocycles. The van der Waals surface area contributed by atoms with Crippen molar-refractivity contribution in [2.24, 2.45) is 5.10 Å². The summed E-state index contributed by atoms with van der Waals surface area (Å²) in [4.78, 5) is 0. The summed E-state index contributed by atoms with van der Waals surface area (Å²) in [5.74, 6) is 1.60. The number of hydrazone groups is 1. The number of rotatable bonds is 6. The van der Waals surface area contributed by atoms with Crippen molar-refractivity contribution in [2.75, 3.05) is 7.11 Å².